The molecule has 2 fully saturated rings. The minimum Gasteiger partial charge on any atom is -0.373 e. The molecule has 1 aromatic rings. The second-order valence-corrected chi connectivity index (χ2v) is 5.56. The number of morpholine rings is 1. The van der Waals surface area contributed by atoms with Gasteiger partial charge in [-0.3, -0.25) is 14.8 Å². The number of ether oxygens (including phenoxy) is 1. The summed E-state index contributed by atoms with van der Waals surface area (Å²) in [6.45, 7) is 3.43. The molecule has 0 aromatic heterocycles. The summed E-state index contributed by atoms with van der Waals surface area (Å²) in [5.74, 6) is 0. The molecule has 2 saturated heterocycles. The van der Waals surface area contributed by atoms with Gasteiger partial charge in [0.1, 0.15) is 0 Å². The average Bonchev–Trinajstić information content (AvgIpc) is 2.84. The number of non-ortho nitro benzene ring substituents is 1. The Kier molecular flexibility index (Phi) is 3.39. The number of benzene rings is 1. The van der Waals surface area contributed by atoms with E-state index in [0.717, 1.165) is 31.9 Å². The van der Waals surface area contributed by atoms with Crippen LogP contribution in [0.1, 0.15) is 0 Å². The summed E-state index contributed by atoms with van der Waals surface area (Å²) in [7, 11) is 2.76. The first kappa shape index (κ1) is 12.8. The summed E-state index contributed by atoms with van der Waals surface area (Å²) in [4.78, 5) is 12.5. The zero-order valence-corrected chi connectivity index (χ0v) is 11.6. The van der Waals surface area contributed by atoms with E-state index in [1.54, 1.807) is 12.1 Å². The Hall–Kier alpha value is -1.23. The Morgan fingerprint density at radius 1 is 1.32 bits per heavy atom. The van der Waals surface area contributed by atoms with E-state index in [4.69, 9.17) is 4.74 Å². The van der Waals surface area contributed by atoms with Gasteiger partial charge in [-0.2, -0.15) is 0 Å². The van der Waals surface area contributed by atoms with E-state index in [0.29, 0.717) is 6.04 Å². The minimum absolute atomic E-state index is 0.129. The van der Waals surface area contributed by atoms with Crippen LogP contribution in [0.4, 0.5) is 11.4 Å². The molecule has 0 aliphatic carbocycles. The van der Waals surface area contributed by atoms with Crippen molar-refractivity contribution in [1.29, 1.82) is 0 Å². The van der Waals surface area contributed by atoms with Gasteiger partial charge in [-0.25, -0.2) is 0 Å². The Morgan fingerprint density at radius 3 is 2.68 bits per heavy atom. The first-order chi connectivity index (χ1) is 9.15. The second-order valence-electron chi connectivity index (χ2n) is 4.89. The van der Waals surface area contributed by atoms with E-state index in [1.807, 2.05) is 12.1 Å². The van der Waals surface area contributed by atoms with Crippen molar-refractivity contribution in [3.8, 4) is 0 Å². The normalized spacial score (nSPS) is 27.3. The molecule has 7 heteroatoms. The van der Waals surface area contributed by atoms with Gasteiger partial charge >= 0.3 is 0 Å². The highest BCUT2D eigenvalue weighted by atomic mass is 31.0. The molecule has 3 unspecified atom stereocenters. The molecule has 0 spiro atoms. The number of anilines is 1. The van der Waals surface area contributed by atoms with Crippen LogP contribution in [-0.2, 0) is 4.74 Å². The van der Waals surface area contributed by atoms with Gasteiger partial charge in [0.25, 0.3) is 5.69 Å². The van der Waals surface area contributed by atoms with E-state index in [1.165, 1.54) is 0 Å². The third kappa shape index (κ3) is 2.43. The third-order valence-corrected chi connectivity index (χ3v) is 4.41. The fraction of sp³-hybridized carbons (Fsp3) is 0.500. The van der Waals surface area contributed by atoms with Gasteiger partial charge in [-0.05, 0) is 12.1 Å². The van der Waals surface area contributed by atoms with Gasteiger partial charge in [0, 0.05) is 37.5 Å². The number of fused-ring (bicyclic) bond motifs is 1. The molecule has 0 bridgehead atoms. The van der Waals surface area contributed by atoms with Crippen molar-refractivity contribution in [3.63, 3.8) is 0 Å². The summed E-state index contributed by atoms with van der Waals surface area (Å²) in [6.07, 6.45) is 0.224. The fourth-order valence-corrected chi connectivity index (χ4v) is 3.10. The number of hydrogen-bond acceptors (Lipinski definition) is 5. The summed E-state index contributed by atoms with van der Waals surface area (Å²) >= 11 is 0. The molecular weight excluding hydrogens is 265 g/mol. The van der Waals surface area contributed by atoms with E-state index in [2.05, 4.69) is 19.0 Å². The first-order valence-corrected chi connectivity index (χ1v) is 6.79. The summed E-state index contributed by atoms with van der Waals surface area (Å²) < 4.78 is 8.03. The topological polar surface area (TPSA) is 58.9 Å². The van der Waals surface area contributed by atoms with Gasteiger partial charge in [-0.15, -0.1) is 0 Å². The number of rotatable bonds is 2. The molecule has 0 N–H and O–H groups in total. The minimum atomic E-state index is -0.374. The second kappa shape index (κ2) is 5.04. The third-order valence-electron chi connectivity index (χ3n) is 3.77. The van der Waals surface area contributed by atoms with Crippen LogP contribution in [0.3, 0.4) is 0 Å². The molecule has 2 heterocycles. The van der Waals surface area contributed by atoms with Crippen molar-refractivity contribution in [3.05, 3.63) is 34.4 Å². The maximum atomic E-state index is 10.6. The zero-order valence-electron chi connectivity index (χ0n) is 10.4. The van der Waals surface area contributed by atoms with Crippen molar-refractivity contribution in [2.75, 3.05) is 31.1 Å². The lowest BCUT2D eigenvalue weighted by Crippen LogP contribution is -2.45. The molecule has 102 valence electrons. The van der Waals surface area contributed by atoms with Crippen LogP contribution < -0.4 is 4.90 Å². The Bertz CT molecular complexity index is 482. The van der Waals surface area contributed by atoms with Crippen molar-refractivity contribution in [2.45, 2.75) is 12.1 Å². The first-order valence-electron chi connectivity index (χ1n) is 6.27. The largest absolute Gasteiger partial charge is 0.373 e. The van der Waals surface area contributed by atoms with E-state index < -0.39 is 0 Å². The van der Waals surface area contributed by atoms with Crippen LogP contribution in [0, 0.1) is 10.1 Å². The highest BCUT2D eigenvalue weighted by Crippen LogP contribution is 2.29. The highest BCUT2D eigenvalue weighted by Gasteiger charge is 2.38. The lowest BCUT2D eigenvalue weighted by Gasteiger charge is -2.33. The molecule has 3 atom stereocenters. The Balaban J connectivity index is 1.75. The molecular formula is C12H16N3O3P. The molecule has 1 aromatic carbocycles. The number of nitro benzene ring substituents is 1. The molecule has 2 aliphatic heterocycles. The smallest absolute Gasteiger partial charge is 0.269 e. The van der Waals surface area contributed by atoms with Gasteiger partial charge < -0.3 is 9.64 Å². The molecule has 2 aliphatic rings. The quantitative estimate of drug-likeness (QED) is 0.464. The Labute approximate surface area is 113 Å². The summed E-state index contributed by atoms with van der Waals surface area (Å²) in [5.41, 5.74) is 1.14. The van der Waals surface area contributed by atoms with Crippen LogP contribution in [0.25, 0.3) is 0 Å². The van der Waals surface area contributed by atoms with E-state index in [-0.39, 0.29) is 16.7 Å². The molecule has 0 amide bonds. The summed E-state index contributed by atoms with van der Waals surface area (Å²) in [6, 6.07) is 7.10. The van der Waals surface area contributed by atoms with Crippen LogP contribution >= 0.6 is 9.39 Å². The molecule has 0 saturated carbocycles. The van der Waals surface area contributed by atoms with Crippen LogP contribution in [0.2, 0.25) is 0 Å². The zero-order chi connectivity index (χ0) is 13.4. The maximum Gasteiger partial charge on any atom is 0.269 e. The van der Waals surface area contributed by atoms with Crippen LogP contribution in [0.15, 0.2) is 24.3 Å². The van der Waals surface area contributed by atoms with Crippen molar-refractivity contribution < 1.29 is 9.66 Å². The SMILES string of the molecule is O=[N+]([O-])c1ccc(N2CC3OCCN(P)C3C2)cc1. The maximum absolute atomic E-state index is 10.6. The van der Waals surface area contributed by atoms with Crippen molar-refractivity contribution in [1.82, 2.24) is 4.67 Å². The van der Waals surface area contributed by atoms with E-state index >= 15 is 0 Å². The standard InChI is InChI=1S/C12H16N3O3P/c16-15(17)10-3-1-9(2-4-10)13-7-11-12(8-13)18-6-5-14(11)19/h1-4,11-12H,5-8,19H2. The van der Waals surface area contributed by atoms with Gasteiger partial charge in [0.05, 0.1) is 23.7 Å². The molecule has 19 heavy (non-hydrogen) atoms. The van der Waals surface area contributed by atoms with Crippen LogP contribution in [-0.4, -0.2) is 48.0 Å². The number of nitrogens with zero attached hydrogens (tertiary/aromatic N) is 3. The Morgan fingerprint density at radius 2 is 2.05 bits per heavy atom. The number of hydrogen-bond donors (Lipinski definition) is 0. The van der Waals surface area contributed by atoms with Gasteiger partial charge in [-0.1, -0.05) is 9.39 Å². The average molecular weight is 281 g/mol. The number of nitro groups is 1. The van der Waals surface area contributed by atoms with Crippen molar-refractivity contribution in [2.24, 2.45) is 0 Å². The van der Waals surface area contributed by atoms with Gasteiger partial charge in [0.2, 0.25) is 0 Å². The van der Waals surface area contributed by atoms with Crippen LogP contribution in [0.5, 0.6) is 0 Å². The predicted octanol–water partition coefficient (Wildman–Crippen LogP) is 1.27. The van der Waals surface area contributed by atoms with Crippen molar-refractivity contribution >= 4 is 20.8 Å². The highest BCUT2D eigenvalue weighted by molar-refractivity contribution is 7.13. The molecule has 0 radical (unpaired) electrons. The molecule has 6 nitrogen and oxygen atoms in total. The predicted molar refractivity (Wildman–Crippen MR) is 75.3 cm³/mol. The van der Waals surface area contributed by atoms with E-state index in [9.17, 15) is 10.1 Å². The lowest BCUT2D eigenvalue weighted by molar-refractivity contribution is -0.384. The fourth-order valence-electron chi connectivity index (χ4n) is 2.71. The molecule has 3 rings (SSSR count). The van der Waals surface area contributed by atoms with Gasteiger partial charge in [0.15, 0.2) is 0 Å². The monoisotopic (exact) mass is 281 g/mol. The summed E-state index contributed by atoms with van der Waals surface area (Å²) in [5, 5.41) is 10.6. The lowest BCUT2D eigenvalue weighted by atomic mass is 10.2.